The Balaban J connectivity index is 0. The second-order valence-corrected chi connectivity index (χ2v) is 3.81. The van der Waals surface area contributed by atoms with Crippen LogP contribution in [0, 0.1) is 0 Å². The molecule has 0 saturated heterocycles. The Labute approximate surface area is 73.3 Å². The molecule has 0 aromatic carbocycles. The maximum Gasteiger partial charge on any atom is 0.314 e. The van der Waals surface area contributed by atoms with Crippen LogP contribution < -0.4 is 0 Å². The van der Waals surface area contributed by atoms with Crippen LogP contribution in [0.2, 0.25) is 0 Å². The SMILES string of the molecule is CC(C)Br.O=C(O)CC(=O)O. The minimum atomic E-state index is -1.31. The molecule has 0 bridgehead atoms. The zero-order valence-corrected chi connectivity index (χ0v) is 7.96. The molecule has 66 valence electrons. The lowest BCUT2D eigenvalue weighted by Crippen LogP contribution is -2.03. The van der Waals surface area contributed by atoms with Crippen molar-refractivity contribution < 1.29 is 19.8 Å². The third-order valence-electron chi connectivity index (χ3n) is 0.302. The molecule has 5 heteroatoms. The van der Waals surface area contributed by atoms with Crippen LogP contribution in [0.5, 0.6) is 0 Å². The van der Waals surface area contributed by atoms with Crippen molar-refractivity contribution in [3.8, 4) is 0 Å². The molecule has 0 rings (SSSR count). The van der Waals surface area contributed by atoms with Crippen LogP contribution in [0.25, 0.3) is 0 Å². The van der Waals surface area contributed by atoms with Crippen LogP contribution in [-0.2, 0) is 9.59 Å². The van der Waals surface area contributed by atoms with Crippen molar-refractivity contribution in [3.63, 3.8) is 0 Å². The van der Waals surface area contributed by atoms with Gasteiger partial charge in [0.1, 0.15) is 6.42 Å². The Morgan fingerprint density at radius 2 is 1.45 bits per heavy atom. The van der Waals surface area contributed by atoms with Crippen molar-refractivity contribution in [2.24, 2.45) is 0 Å². The molecule has 4 nitrogen and oxygen atoms in total. The summed E-state index contributed by atoms with van der Waals surface area (Å²) >= 11 is 3.27. The number of carbonyl (C=O) groups is 2. The minimum absolute atomic E-state index is 0.646. The molecule has 0 aliphatic rings. The van der Waals surface area contributed by atoms with E-state index in [0.29, 0.717) is 4.83 Å². The highest BCUT2D eigenvalue weighted by Gasteiger charge is 2.01. The normalized spacial score (nSPS) is 8.36. The van der Waals surface area contributed by atoms with Gasteiger partial charge in [-0.2, -0.15) is 0 Å². The molecule has 0 aromatic heterocycles. The second-order valence-electron chi connectivity index (χ2n) is 1.98. The van der Waals surface area contributed by atoms with E-state index in [2.05, 4.69) is 29.8 Å². The molecule has 0 aliphatic heterocycles. The van der Waals surface area contributed by atoms with Gasteiger partial charge in [0.2, 0.25) is 0 Å². The number of aliphatic carboxylic acids is 2. The zero-order chi connectivity index (χ0) is 9.44. The van der Waals surface area contributed by atoms with Crippen LogP contribution in [0.1, 0.15) is 20.3 Å². The number of carboxylic acids is 2. The van der Waals surface area contributed by atoms with Crippen LogP contribution >= 0.6 is 15.9 Å². The largest absolute Gasteiger partial charge is 0.481 e. The first-order valence-electron chi connectivity index (χ1n) is 2.94. The molecule has 0 fully saturated rings. The van der Waals surface area contributed by atoms with E-state index in [4.69, 9.17) is 10.2 Å². The van der Waals surface area contributed by atoms with E-state index in [1.165, 1.54) is 0 Å². The van der Waals surface area contributed by atoms with Gasteiger partial charge in [0.15, 0.2) is 0 Å². The number of alkyl halides is 1. The van der Waals surface area contributed by atoms with Gasteiger partial charge >= 0.3 is 11.9 Å². The molecule has 0 unspecified atom stereocenters. The second kappa shape index (κ2) is 7.53. The first-order valence-corrected chi connectivity index (χ1v) is 3.85. The molecule has 0 aliphatic carbocycles. The number of hydrogen-bond acceptors (Lipinski definition) is 2. The molecule has 0 amide bonds. The quantitative estimate of drug-likeness (QED) is 0.551. The van der Waals surface area contributed by atoms with Crippen molar-refractivity contribution in [1.82, 2.24) is 0 Å². The van der Waals surface area contributed by atoms with Gasteiger partial charge in [-0.25, -0.2) is 0 Å². The van der Waals surface area contributed by atoms with E-state index >= 15 is 0 Å². The van der Waals surface area contributed by atoms with Crippen molar-refractivity contribution in [2.45, 2.75) is 25.1 Å². The smallest absolute Gasteiger partial charge is 0.314 e. The molecule has 2 N–H and O–H groups in total. The Morgan fingerprint density at radius 1 is 1.27 bits per heavy atom. The van der Waals surface area contributed by atoms with Crippen LogP contribution in [-0.4, -0.2) is 27.0 Å². The first kappa shape index (κ1) is 13.0. The molecule has 0 spiro atoms. The van der Waals surface area contributed by atoms with E-state index < -0.39 is 18.4 Å². The maximum absolute atomic E-state index is 9.43. The molecule has 0 radical (unpaired) electrons. The van der Waals surface area contributed by atoms with E-state index in [9.17, 15) is 9.59 Å². The Kier molecular flexibility index (Phi) is 8.92. The Morgan fingerprint density at radius 3 is 1.45 bits per heavy atom. The molecule has 0 saturated carbocycles. The Hall–Kier alpha value is -0.580. The van der Waals surface area contributed by atoms with Crippen molar-refractivity contribution in [3.05, 3.63) is 0 Å². The molecule has 0 atom stereocenters. The number of rotatable bonds is 2. The summed E-state index contributed by atoms with van der Waals surface area (Å²) in [7, 11) is 0. The van der Waals surface area contributed by atoms with E-state index in [1.807, 2.05) is 0 Å². The van der Waals surface area contributed by atoms with Gasteiger partial charge in [-0.15, -0.1) is 0 Å². The summed E-state index contributed by atoms with van der Waals surface area (Å²) in [6, 6.07) is 0. The number of hydrogen-bond donors (Lipinski definition) is 2. The standard InChI is InChI=1S/C3H7Br.C3H4O4/c1-3(2)4;4-2(5)1-3(6)7/h3H,1-2H3;1H2,(H,4,5)(H,6,7). The molecule has 11 heavy (non-hydrogen) atoms. The van der Waals surface area contributed by atoms with Gasteiger partial charge in [-0.3, -0.25) is 9.59 Å². The highest BCUT2D eigenvalue weighted by atomic mass is 79.9. The fourth-order valence-corrected chi connectivity index (χ4v) is 0.129. The average molecular weight is 227 g/mol. The maximum atomic E-state index is 9.43. The van der Waals surface area contributed by atoms with Crippen LogP contribution in [0.15, 0.2) is 0 Å². The summed E-state index contributed by atoms with van der Waals surface area (Å²) in [5.74, 6) is -2.62. The van der Waals surface area contributed by atoms with Gasteiger partial charge in [0.05, 0.1) is 0 Å². The predicted octanol–water partition coefficient (Wildman–Crippen LogP) is 1.34. The van der Waals surface area contributed by atoms with Crippen molar-refractivity contribution in [2.75, 3.05) is 0 Å². The third kappa shape index (κ3) is 44.3. The summed E-state index contributed by atoms with van der Waals surface area (Å²) in [6.07, 6.45) is -0.806. The first-order chi connectivity index (χ1) is 4.86. The van der Waals surface area contributed by atoms with Gasteiger partial charge in [0.25, 0.3) is 0 Å². The highest BCUT2D eigenvalue weighted by Crippen LogP contribution is 1.89. The molecule has 0 heterocycles. The van der Waals surface area contributed by atoms with Gasteiger partial charge < -0.3 is 10.2 Å². The lowest BCUT2D eigenvalue weighted by Gasteiger charge is -1.80. The molecular weight excluding hydrogens is 216 g/mol. The number of carboxylic acid groups (broad SMARTS) is 2. The van der Waals surface area contributed by atoms with Crippen molar-refractivity contribution in [1.29, 1.82) is 0 Å². The predicted molar refractivity (Wildman–Crippen MR) is 44.0 cm³/mol. The summed E-state index contributed by atoms with van der Waals surface area (Å²) in [6.45, 7) is 4.17. The van der Waals surface area contributed by atoms with Gasteiger partial charge in [0, 0.05) is 4.83 Å². The lowest BCUT2D eigenvalue weighted by atomic mass is 10.5. The third-order valence-corrected chi connectivity index (χ3v) is 0.302. The van der Waals surface area contributed by atoms with E-state index in [0.717, 1.165) is 0 Å². The fraction of sp³-hybridized carbons (Fsp3) is 0.667. The van der Waals surface area contributed by atoms with Gasteiger partial charge in [-0.05, 0) is 0 Å². The summed E-state index contributed by atoms with van der Waals surface area (Å²) in [4.78, 5) is 19.5. The topological polar surface area (TPSA) is 74.6 Å². The van der Waals surface area contributed by atoms with E-state index in [-0.39, 0.29) is 0 Å². The Bertz CT molecular complexity index is 118. The van der Waals surface area contributed by atoms with Crippen LogP contribution in [0.4, 0.5) is 0 Å². The molecule has 0 aromatic rings. The summed E-state index contributed by atoms with van der Waals surface area (Å²) < 4.78 is 0. The monoisotopic (exact) mass is 226 g/mol. The summed E-state index contributed by atoms with van der Waals surface area (Å²) in [5, 5.41) is 15.4. The van der Waals surface area contributed by atoms with Crippen LogP contribution in [0.3, 0.4) is 0 Å². The van der Waals surface area contributed by atoms with E-state index in [1.54, 1.807) is 0 Å². The highest BCUT2D eigenvalue weighted by molar-refractivity contribution is 9.09. The zero-order valence-electron chi connectivity index (χ0n) is 6.37. The fourth-order valence-electron chi connectivity index (χ4n) is 0.129. The molecular formula is C6H11BrO4. The summed E-state index contributed by atoms with van der Waals surface area (Å²) in [5.41, 5.74) is 0. The average Bonchev–Trinajstić information content (AvgIpc) is 1.56. The minimum Gasteiger partial charge on any atom is -0.481 e. The van der Waals surface area contributed by atoms with Gasteiger partial charge in [-0.1, -0.05) is 29.8 Å². The lowest BCUT2D eigenvalue weighted by molar-refractivity contribution is -0.147. The number of halogens is 1. The van der Waals surface area contributed by atoms with Crippen molar-refractivity contribution >= 4 is 27.9 Å².